The van der Waals surface area contributed by atoms with E-state index in [1.807, 2.05) is 18.3 Å². The van der Waals surface area contributed by atoms with Crippen LogP contribution in [-0.4, -0.2) is 12.1 Å². The topological polar surface area (TPSA) is 34.1 Å². The zero-order valence-electron chi connectivity index (χ0n) is 11.8. The number of hydrogen-bond acceptors (Lipinski definition) is 3. The molecule has 2 aromatic rings. The fraction of sp³-hybridized carbons (Fsp3) is 0.353. The molecule has 1 fully saturated rings. The van der Waals surface area contributed by atoms with Gasteiger partial charge in [0.15, 0.2) is 0 Å². The third-order valence-corrected chi connectivity index (χ3v) is 3.66. The Hall–Kier alpha value is -1.87. The largest absolute Gasteiger partial charge is 0.481 e. The van der Waals surface area contributed by atoms with Gasteiger partial charge < -0.3 is 10.1 Å². The fourth-order valence-corrected chi connectivity index (χ4v) is 2.36. The first-order valence-corrected chi connectivity index (χ1v) is 7.13. The lowest BCUT2D eigenvalue weighted by Crippen LogP contribution is -2.13. The van der Waals surface area contributed by atoms with Crippen molar-refractivity contribution < 1.29 is 4.74 Å². The molecule has 0 unspecified atom stereocenters. The van der Waals surface area contributed by atoms with Crippen LogP contribution in [0.1, 0.15) is 35.4 Å². The van der Waals surface area contributed by atoms with Gasteiger partial charge in [0.1, 0.15) is 0 Å². The van der Waals surface area contributed by atoms with Crippen molar-refractivity contribution >= 4 is 0 Å². The van der Waals surface area contributed by atoms with Crippen LogP contribution in [0.25, 0.3) is 0 Å². The Morgan fingerprint density at radius 2 is 2.00 bits per heavy atom. The molecule has 0 amide bonds. The minimum absolute atomic E-state index is 0.658. The summed E-state index contributed by atoms with van der Waals surface area (Å²) >= 11 is 0. The molecule has 1 N–H and O–H groups in total. The van der Waals surface area contributed by atoms with E-state index in [0.717, 1.165) is 19.0 Å². The third kappa shape index (κ3) is 3.36. The van der Waals surface area contributed by atoms with Crippen LogP contribution in [0.3, 0.4) is 0 Å². The highest BCUT2D eigenvalue weighted by molar-refractivity contribution is 5.29. The van der Waals surface area contributed by atoms with Gasteiger partial charge in [-0.2, -0.15) is 0 Å². The average molecular weight is 268 g/mol. The minimum atomic E-state index is 0.658. The molecule has 1 aliphatic carbocycles. The van der Waals surface area contributed by atoms with Crippen LogP contribution in [0.15, 0.2) is 42.6 Å². The van der Waals surface area contributed by atoms with E-state index in [1.54, 1.807) is 7.11 Å². The summed E-state index contributed by atoms with van der Waals surface area (Å²) in [5.41, 5.74) is 4.02. The molecule has 0 aliphatic heterocycles. The Morgan fingerprint density at radius 1 is 1.15 bits per heavy atom. The highest BCUT2D eigenvalue weighted by Gasteiger charge is 2.23. The van der Waals surface area contributed by atoms with Gasteiger partial charge in [0, 0.05) is 25.4 Å². The van der Waals surface area contributed by atoms with Crippen molar-refractivity contribution in [3.05, 3.63) is 59.3 Å². The molecule has 1 saturated carbocycles. The molecule has 104 valence electrons. The molecule has 1 aliphatic rings. The van der Waals surface area contributed by atoms with E-state index >= 15 is 0 Å². The van der Waals surface area contributed by atoms with Gasteiger partial charge in [-0.15, -0.1) is 0 Å². The third-order valence-electron chi connectivity index (χ3n) is 3.66. The van der Waals surface area contributed by atoms with Crippen LogP contribution in [0.5, 0.6) is 5.88 Å². The summed E-state index contributed by atoms with van der Waals surface area (Å²) in [6, 6.07) is 12.9. The van der Waals surface area contributed by atoms with Gasteiger partial charge in [-0.25, -0.2) is 4.98 Å². The molecule has 1 aromatic carbocycles. The number of nitrogens with one attached hydrogen (secondary N) is 1. The van der Waals surface area contributed by atoms with Gasteiger partial charge in [-0.05, 0) is 35.4 Å². The summed E-state index contributed by atoms with van der Waals surface area (Å²) in [4.78, 5) is 4.21. The molecule has 0 bridgehead atoms. The Bertz CT molecular complexity index is 561. The number of aromatic nitrogens is 1. The maximum Gasteiger partial charge on any atom is 0.212 e. The summed E-state index contributed by atoms with van der Waals surface area (Å²) in [6.45, 7) is 1.72. The van der Waals surface area contributed by atoms with Crippen LogP contribution in [0.2, 0.25) is 0 Å². The van der Waals surface area contributed by atoms with Crippen LogP contribution in [0.4, 0.5) is 0 Å². The monoisotopic (exact) mass is 268 g/mol. The van der Waals surface area contributed by atoms with Crippen LogP contribution in [0, 0.1) is 0 Å². The molecule has 0 atom stereocenters. The van der Waals surface area contributed by atoms with Crippen LogP contribution >= 0.6 is 0 Å². The highest BCUT2D eigenvalue weighted by atomic mass is 16.5. The van der Waals surface area contributed by atoms with E-state index in [4.69, 9.17) is 4.74 Å². The minimum Gasteiger partial charge on any atom is -0.481 e. The Morgan fingerprint density at radius 3 is 2.70 bits per heavy atom. The number of methoxy groups -OCH3 is 1. The first kappa shape index (κ1) is 13.1. The average Bonchev–Trinajstić information content (AvgIpc) is 3.33. The van der Waals surface area contributed by atoms with Gasteiger partial charge in [0.05, 0.1) is 7.11 Å². The molecule has 20 heavy (non-hydrogen) atoms. The van der Waals surface area contributed by atoms with Crippen LogP contribution in [-0.2, 0) is 13.1 Å². The van der Waals surface area contributed by atoms with Crippen molar-refractivity contribution in [3.8, 4) is 5.88 Å². The van der Waals surface area contributed by atoms with Crippen molar-refractivity contribution in [1.82, 2.24) is 10.3 Å². The van der Waals surface area contributed by atoms with Gasteiger partial charge in [0.2, 0.25) is 5.88 Å². The predicted octanol–water partition coefficient (Wildman–Crippen LogP) is 3.26. The van der Waals surface area contributed by atoms with E-state index < -0.39 is 0 Å². The number of pyridine rings is 1. The SMILES string of the molecule is COc1ccc(CNCc2cccc(C3CC3)c2)cn1. The maximum absolute atomic E-state index is 5.05. The van der Waals surface area contributed by atoms with Crippen molar-refractivity contribution in [3.63, 3.8) is 0 Å². The number of ether oxygens (including phenoxy) is 1. The number of hydrogen-bond donors (Lipinski definition) is 1. The summed E-state index contributed by atoms with van der Waals surface area (Å²) in [5.74, 6) is 1.48. The van der Waals surface area contributed by atoms with Gasteiger partial charge >= 0.3 is 0 Å². The zero-order valence-corrected chi connectivity index (χ0v) is 11.8. The fourth-order valence-electron chi connectivity index (χ4n) is 2.36. The van der Waals surface area contributed by atoms with Crippen molar-refractivity contribution in [2.24, 2.45) is 0 Å². The Balaban J connectivity index is 1.52. The maximum atomic E-state index is 5.05. The van der Waals surface area contributed by atoms with E-state index in [-0.39, 0.29) is 0 Å². The van der Waals surface area contributed by atoms with Crippen molar-refractivity contribution in [2.75, 3.05) is 7.11 Å². The quantitative estimate of drug-likeness (QED) is 0.873. The molecule has 0 radical (unpaired) electrons. The number of rotatable bonds is 6. The highest BCUT2D eigenvalue weighted by Crippen LogP contribution is 2.40. The lowest BCUT2D eigenvalue weighted by Gasteiger charge is -2.07. The van der Waals surface area contributed by atoms with Crippen LogP contribution < -0.4 is 10.1 Å². The van der Waals surface area contributed by atoms with Gasteiger partial charge in [0.25, 0.3) is 0 Å². The molecule has 3 nitrogen and oxygen atoms in total. The first-order valence-electron chi connectivity index (χ1n) is 7.13. The molecule has 3 heteroatoms. The van der Waals surface area contributed by atoms with Crippen molar-refractivity contribution in [1.29, 1.82) is 0 Å². The summed E-state index contributed by atoms with van der Waals surface area (Å²) in [5, 5.41) is 3.46. The predicted molar refractivity (Wildman–Crippen MR) is 79.7 cm³/mol. The molecule has 3 rings (SSSR count). The number of benzene rings is 1. The summed E-state index contributed by atoms with van der Waals surface area (Å²) < 4.78 is 5.05. The molecule has 1 aromatic heterocycles. The summed E-state index contributed by atoms with van der Waals surface area (Å²) in [6.07, 6.45) is 4.56. The van der Waals surface area contributed by atoms with E-state index in [1.165, 1.54) is 29.5 Å². The van der Waals surface area contributed by atoms with E-state index in [0.29, 0.717) is 5.88 Å². The molecule has 0 spiro atoms. The standard InChI is InChI=1S/C17H20N2O/c1-20-17-8-5-14(12-19-17)11-18-10-13-3-2-4-16(9-13)15-6-7-15/h2-5,8-9,12,15,18H,6-7,10-11H2,1H3. The van der Waals surface area contributed by atoms with Crippen molar-refractivity contribution in [2.45, 2.75) is 31.8 Å². The normalized spacial score (nSPS) is 14.2. The Labute approximate surface area is 120 Å². The second-order valence-electron chi connectivity index (χ2n) is 5.33. The lowest BCUT2D eigenvalue weighted by molar-refractivity contribution is 0.397. The lowest BCUT2D eigenvalue weighted by atomic mass is 10.1. The van der Waals surface area contributed by atoms with Gasteiger partial charge in [-0.3, -0.25) is 0 Å². The second kappa shape index (κ2) is 6.06. The molecular weight excluding hydrogens is 248 g/mol. The molecule has 1 heterocycles. The molecular formula is C17H20N2O. The summed E-state index contributed by atoms with van der Waals surface area (Å²) in [7, 11) is 1.63. The van der Waals surface area contributed by atoms with Gasteiger partial charge in [-0.1, -0.05) is 30.3 Å². The number of nitrogens with zero attached hydrogens (tertiary/aromatic N) is 1. The molecule has 0 saturated heterocycles. The smallest absolute Gasteiger partial charge is 0.212 e. The van der Waals surface area contributed by atoms with E-state index in [2.05, 4.69) is 34.6 Å². The Kier molecular flexibility index (Phi) is 3.97. The zero-order chi connectivity index (χ0) is 13.8. The van der Waals surface area contributed by atoms with E-state index in [9.17, 15) is 0 Å². The second-order valence-corrected chi connectivity index (χ2v) is 5.33. The first-order chi connectivity index (χ1) is 9.85.